The van der Waals surface area contributed by atoms with Gasteiger partial charge in [-0.3, -0.25) is 4.79 Å². The van der Waals surface area contributed by atoms with E-state index in [0.717, 1.165) is 37.6 Å². The normalized spacial score (nSPS) is 41.4. The molecule has 18 heavy (non-hydrogen) atoms. The molecule has 3 nitrogen and oxygen atoms in total. The van der Waals surface area contributed by atoms with Gasteiger partial charge in [0.05, 0.1) is 6.04 Å². The highest BCUT2D eigenvalue weighted by atomic mass is 16.2. The molecule has 3 heteroatoms. The zero-order valence-electron chi connectivity index (χ0n) is 12.0. The molecule has 1 saturated heterocycles. The Kier molecular flexibility index (Phi) is 4.66. The van der Waals surface area contributed by atoms with Crippen LogP contribution < -0.4 is 10.6 Å². The second-order valence-electron chi connectivity index (χ2n) is 6.61. The summed E-state index contributed by atoms with van der Waals surface area (Å²) in [4.78, 5) is 12.2. The lowest BCUT2D eigenvalue weighted by atomic mass is 9.79. The standard InChI is InChI=1S/C15H28N2O/c1-10-6-7-16-14(8-10)15(18)17-13-5-4-11(2)12(3)9-13/h10-14,16H,4-9H2,1-3H3,(H,17,18). The monoisotopic (exact) mass is 252 g/mol. The molecular formula is C15H28N2O. The number of piperidine rings is 1. The summed E-state index contributed by atoms with van der Waals surface area (Å²) in [7, 11) is 0. The number of hydrogen-bond acceptors (Lipinski definition) is 2. The molecule has 0 aromatic carbocycles. The first kappa shape index (κ1) is 13.9. The minimum absolute atomic E-state index is 0.0448. The van der Waals surface area contributed by atoms with Gasteiger partial charge in [0.2, 0.25) is 5.91 Å². The number of hydrogen-bond donors (Lipinski definition) is 2. The smallest absolute Gasteiger partial charge is 0.237 e. The molecule has 0 radical (unpaired) electrons. The highest BCUT2D eigenvalue weighted by molar-refractivity contribution is 5.82. The largest absolute Gasteiger partial charge is 0.352 e. The molecule has 5 unspecified atom stereocenters. The first-order valence-electron chi connectivity index (χ1n) is 7.60. The maximum Gasteiger partial charge on any atom is 0.237 e. The van der Waals surface area contributed by atoms with Gasteiger partial charge in [0.15, 0.2) is 0 Å². The molecule has 1 aliphatic carbocycles. The van der Waals surface area contributed by atoms with Crippen molar-refractivity contribution < 1.29 is 4.79 Å². The van der Waals surface area contributed by atoms with Crippen molar-refractivity contribution in [2.45, 2.75) is 65.0 Å². The van der Waals surface area contributed by atoms with Crippen molar-refractivity contribution in [1.82, 2.24) is 10.6 Å². The quantitative estimate of drug-likeness (QED) is 0.792. The SMILES string of the molecule is CC1CCNC(C(=O)NC2CCC(C)C(C)C2)C1. The average molecular weight is 252 g/mol. The van der Waals surface area contributed by atoms with Gasteiger partial charge in [-0.15, -0.1) is 0 Å². The van der Waals surface area contributed by atoms with Gasteiger partial charge in [-0.25, -0.2) is 0 Å². The lowest BCUT2D eigenvalue weighted by Crippen LogP contribution is -2.52. The van der Waals surface area contributed by atoms with Crippen molar-refractivity contribution in [1.29, 1.82) is 0 Å². The van der Waals surface area contributed by atoms with Crippen LogP contribution in [0, 0.1) is 17.8 Å². The number of amides is 1. The summed E-state index contributed by atoms with van der Waals surface area (Å²) in [5, 5.41) is 6.61. The van der Waals surface area contributed by atoms with Crippen LogP contribution in [0.3, 0.4) is 0 Å². The first-order valence-corrected chi connectivity index (χ1v) is 7.60. The summed E-state index contributed by atoms with van der Waals surface area (Å²) in [6, 6.07) is 0.450. The van der Waals surface area contributed by atoms with Gasteiger partial charge in [-0.2, -0.15) is 0 Å². The summed E-state index contributed by atoms with van der Waals surface area (Å²) in [6.45, 7) is 7.86. The Balaban J connectivity index is 1.80. The predicted octanol–water partition coefficient (Wildman–Crippen LogP) is 2.32. The first-order chi connectivity index (χ1) is 8.56. The van der Waals surface area contributed by atoms with Crippen LogP contribution in [-0.4, -0.2) is 24.5 Å². The van der Waals surface area contributed by atoms with Crippen molar-refractivity contribution in [3.8, 4) is 0 Å². The van der Waals surface area contributed by atoms with E-state index in [1.165, 1.54) is 12.8 Å². The van der Waals surface area contributed by atoms with Gasteiger partial charge in [0, 0.05) is 6.04 Å². The van der Waals surface area contributed by atoms with Crippen LogP contribution in [-0.2, 0) is 4.79 Å². The van der Waals surface area contributed by atoms with Gasteiger partial charge in [0.25, 0.3) is 0 Å². The van der Waals surface area contributed by atoms with Gasteiger partial charge < -0.3 is 10.6 Å². The van der Waals surface area contributed by atoms with E-state index in [1.54, 1.807) is 0 Å². The summed E-state index contributed by atoms with van der Waals surface area (Å²) < 4.78 is 0. The van der Waals surface area contributed by atoms with E-state index in [-0.39, 0.29) is 11.9 Å². The van der Waals surface area contributed by atoms with Gasteiger partial charge in [0.1, 0.15) is 0 Å². The van der Waals surface area contributed by atoms with Crippen LogP contribution in [0.5, 0.6) is 0 Å². The molecule has 1 saturated carbocycles. The van der Waals surface area contributed by atoms with Gasteiger partial charge >= 0.3 is 0 Å². The van der Waals surface area contributed by atoms with E-state index in [9.17, 15) is 4.79 Å². The number of rotatable bonds is 2. The summed E-state index contributed by atoms with van der Waals surface area (Å²) >= 11 is 0. The Hall–Kier alpha value is -0.570. The van der Waals surface area contributed by atoms with E-state index < -0.39 is 0 Å². The third kappa shape index (κ3) is 3.47. The molecule has 2 N–H and O–H groups in total. The fraction of sp³-hybridized carbons (Fsp3) is 0.933. The summed E-state index contributed by atoms with van der Waals surface area (Å²) in [5.74, 6) is 2.45. The van der Waals surface area contributed by atoms with Crippen molar-refractivity contribution >= 4 is 5.91 Å². The molecule has 1 aliphatic heterocycles. The Morgan fingerprint density at radius 3 is 2.50 bits per heavy atom. The minimum atomic E-state index is 0.0448. The minimum Gasteiger partial charge on any atom is -0.352 e. The Bertz CT molecular complexity index is 292. The molecule has 0 aromatic heterocycles. The lowest BCUT2D eigenvalue weighted by molar-refractivity contribution is -0.125. The third-order valence-electron chi connectivity index (χ3n) is 4.93. The van der Waals surface area contributed by atoms with E-state index in [0.29, 0.717) is 12.0 Å². The van der Waals surface area contributed by atoms with Crippen molar-refractivity contribution in [2.24, 2.45) is 17.8 Å². The van der Waals surface area contributed by atoms with Crippen molar-refractivity contribution in [3.05, 3.63) is 0 Å². The third-order valence-corrected chi connectivity index (χ3v) is 4.93. The fourth-order valence-electron chi connectivity index (χ4n) is 3.29. The second kappa shape index (κ2) is 6.05. The molecule has 5 atom stereocenters. The molecule has 2 aliphatic rings. The predicted molar refractivity (Wildman–Crippen MR) is 74.3 cm³/mol. The van der Waals surface area contributed by atoms with E-state index in [4.69, 9.17) is 0 Å². The maximum atomic E-state index is 12.2. The van der Waals surface area contributed by atoms with Crippen LogP contribution >= 0.6 is 0 Å². The fourth-order valence-corrected chi connectivity index (χ4v) is 3.29. The van der Waals surface area contributed by atoms with E-state index in [2.05, 4.69) is 31.4 Å². The number of nitrogens with one attached hydrogen (secondary N) is 2. The van der Waals surface area contributed by atoms with Gasteiger partial charge in [-0.05, 0) is 56.4 Å². The molecule has 0 spiro atoms. The molecular weight excluding hydrogens is 224 g/mol. The van der Waals surface area contributed by atoms with Crippen LogP contribution in [0.25, 0.3) is 0 Å². The molecule has 104 valence electrons. The molecule has 2 rings (SSSR count). The highest BCUT2D eigenvalue weighted by Crippen LogP contribution is 2.29. The Morgan fingerprint density at radius 2 is 1.83 bits per heavy atom. The zero-order valence-corrected chi connectivity index (χ0v) is 12.0. The number of carbonyl (C=O) groups is 1. The van der Waals surface area contributed by atoms with Gasteiger partial charge in [-0.1, -0.05) is 20.8 Å². The maximum absolute atomic E-state index is 12.2. The Morgan fingerprint density at radius 1 is 1.06 bits per heavy atom. The second-order valence-corrected chi connectivity index (χ2v) is 6.61. The number of carbonyl (C=O) groups excluding carboxylic acids is 1. The lowest BCUT2D eigenvalue weighted by Gasteiger charge is -2.34. The zero-order chi connectivity index (χ0) is 13.1. The molecule has 0 bridgehead atoms. The van der Waals surface area contributed by atoms with Crippen LogP contribution in [0.1, 0.15) is 52.9 Å². The summed E-state index contributed by atoms with van der Waals surface area (Å²) in [6.07, 6.45) is 5.74. The van der Waals surface area contributed by atoms with E-state index in [1.807, 2.05) is 0 Å². The topological polar surface area (TPSA) is 41.1 Å². The molecule has 1 heterocycles. The average Bonchev–Trinajstić information content (AvgIpc) is 2.34. The van der Waals surface area contributed by atoms with Crippen LogP contribution in [0.4, 0.5) is 0 Å². The molecule has 0 aromatic rings. The van der Waals surface area contributed by atoms with Crippen molar-refractivity contribution in [2.75, 3.05) is 6.54 Å². The van der Waals surface area contributed by atoms with Crippen molar-refractivity contribution in [3.63, 3.8) is 0 Å². The van der Waals surface area contributed by atoms with E-state index >= 15 is 0 Å². The van der Waals surface area contributed by atoms with Crippen LogP contribution in [0.15, 0.2) is 0 Å². The highest BCUT2D eigenvalue weighted by Gasteiger charge is 2.29. The molecule has 2 fully saturated rings. The summed E-state index contributed by atoms with van der Waals surface area (Å²) in [5.41, 5.74) is 0. The van der Waals surface area contributed by atoms with Crippen LogP contribution in [0.2, 0.25) is 0 Å². The molecule has 1 amide bonds. The Labute approximate surface area is 111 Å².